The van der Waals surface area contributed by atoms with Crippen LogP contribution in [0.1, 0.15) is 22.3 Å². The van der Waals surface area contributed by atoms with E-state index in [0.717, 1.165) is 30.6 Å². The minimum absolute atomic E-state index is 0. The Hall–Kier alpha value is -1.32. The number of carboxylic acid groups (broad SMARTS) is 1. The Morgan fingerprint density at radius 1 is 1.31 bits per heavy atom. The standard InChI is InChI=1S/C12H13NO2.ClH/c14-12(15)11-4-2-1-3-10(11)9-5-7-13-8-6-9;/h1-5,13H,6-8H2,(H,14,15);1H. The Bertz CT molecular complexity index is 415. The number of benzene rings is 1. The first kappa shape index (κ1) is 12.7. The molecular formula is C12H14ClNO2. The van der Waals surface area contributed by atoms with Gasteiger partial charge in [0.1, 0.15) is 0 Å². The molecule has 16 heavy (non-hydrogen) atoms. The number of rotatable bonds is 2. The van der Waals surface area contributed by atoms with E-state index in [1.54, 1.807) is 12.1 Å². The van der Waals surface area contributed by atoms with E-state index in [4.69, 9.17) is 5.11 Å². The van der Waals surface area contributed by atoms with Crippen molar-refractivity contribution in [2.75, 3.05) is 13.1 Å². The molecule has 1 aromatic carbocycles. The van der Waals surface area contributed by atoms with Crippen molar-refractivity contribution in [2.24, 2.45) is 0 Å². The van der Waals surface area contributed by atoms with Crippen molar-refractivity contribution in [1.82, 2.24) is 5.32 Å². The molecule has 1 aliphatic heterocycles. The lowest BCUT2D eigenvalue weighted by molar-refractivity contribution is 0.0696. The highest BCUT2D eigenvalue weighted by molar-refractivity contribution is 5.94. The summed E-state index contributed by atoms with van der Waals surface area (Å²) >= 11 is 0. The van der Waals surface area contributed by atoms with E-state index in [9.17, 15) is 4.79 Å². The number of nitrogens with one attached hydrogen (secondary N) is 1. The molecule has 0 aliphatic carbocycles. The average Bonchev–Trinajstić information content (AvgIpc) is 2.30. The molecule has 2 rings (SSSR count). The van der Waals surface area contributed by atoms with Gasteiger partial charge >= 0.3 is 5.97 Å². The van der Waals surface area contributed by atoms with Crippen LogP contribution in [0.2, 0.25) is 0 Å². The average molecular weight is 240 g/mol. The molecule has 1 aliphatic rings. The highest BCUT2D eigenvalue weighted by Gasteiger charge is 2.13. The van der Waals surface area contributed by atoms with Crippen LogP contribution in [-0.4, -0.2) is 24.2 Å². The fourth-order valence-electron chi connectivity index (χ4n) is 1.82. The quantitative estimate of drug-likeness (QED) is 0.832. The van der Waals surface area contributed by atoms with Crippen LogP contribution in [0.25, 0.3) is 5.57 Å². The maximum Gasteiger partial charge on any atom is 0.336 e. The third kappa shape index (κ3) is 2.62. The van der Waals surface area contributed by atoms with E-state index in [1.807, 2.05) is 12.1 Å². The number of aromatic carboxylic acids is 1. The zero-order chi connectivity index (χ0) is 10.7. The summed E-state index contributed by atoms with van der Waals surface area (Å²) in [7, 11) is 0. The summed E-state index contributed by atoms with van der Waals surface area (Å²) in [6, 6.07) is 7.17. The SMILES string of the molecule is Cl.O=C(O)c1ccccc1C1=CCNCC1. The van der Waals surface area contributed by atoms with Gasteiger partial charge in [0.15, 0.2) is 0 Å². The van der Waals surface area contributed by atoms with E-state index in [0.29, 0.717) is 5.56 Å². The van der Waals surface area contributed by atoms with E-state index >= 15 is 0 Å². The van der Waals surface area contributed by atoms with Crippen LogP contribution in [0.15, 0.2) is 30.3 Å². The third-order valence-electron chi connectivity index (χ3n) is 2.57. The van der Waals surface area contributed by atoms with Gasteiger partial charge in [-0.15, -0.1) is 12.4 Å². The molecule has 0 saturated heterocycles. The molecule has 0 atom stereocenters. The van der Waals surface area contributed by atoms with Gasteiger partial charge in [-0.1, -0.05) is 24.3 Å². The molecule has 0 bridgehead atoms. The fourth-order valence-corrected chi connectivity index (χ4v) is 1.82. The van der Waals surface area contributed by atoms with E-state index in [1.165, 1.54) is 0 Å². The zero-order valence-corrected chi connectivity index (χ0v) is 9.59. The predicted molar refractivity (Wildman–Crippen MR) is 66.1 cm³/mol. The monoisotopic (exact) mass is 239 g/mol. The van der Waals surface area contributed by atoms with Crippen molar-refractivity contribution >= 4 is 23.9 Å². The van der Waals surface area contributed by atoms with E-state index < -0.39 is 5.97 Å². The lowest BCUT2D eigenvalue weighted by Crippen LogP contribution is -2.20. The largest absolute Gasteiger partial charge is 0.478 e. The lowest BCUT2D eigenvalue weighted by atomic mass is 9.95. The zero-order valence-electron chi connectivity index (χ0n) is 8.77. The molecule has 0 unspecified atom stereocenters. The molecule has 0 spiro atoms. The highest BCUT2D eigenvalue weighted by atomic mass is 35.5. The highest BCUT2D eigenvalue weighted by Crippen LogP contribution is 2.23. The lowest BCUT2D eigenvalue weighted by Gasteiger charge is -2.15. The normalized spacial score (nSPS) is 14.9. The van der Waals surface area contributed by atoms with Crippen LogP contribution in [0.5, 0.6) is 0 Å². The topological polar surface area (TPSA) is 49.3 Å². The first-order chi connectivity index (χ1) is 7.29. The van der Waals surface area contributed by atoms with E-state index in [2.05, 4.69) is 11.4 Å². The molecule has 86 valence electrons. The predicted octanol–water partition coefficient (Wildman–Crippen LogP) is 2.18. The molecule has 0 saturated carbocycles. The van der Waals surface area contributed by atoms with Gasteiger partial charge in [-0.2, -0.15) is 0 Å². The fraction of sp³-hybridized carbons (Fsp3) is 0.250. The van der Waals surface area contributed by atoms with Crippen molar-refractivity contribution in [3.63, 3.8) is 0 Å². The van der Waals surface area contributed by atoms with Gasteiger partial charge in [0.05, 0.1) is 5.56 Å². The van der Waals surface area contributed by atoms with Gasteiger partial charge in [-0.3, -0.25) is 0 Å². The van der Waals surface area contributed by atoms with Gasteiger partial charge in [-0.25, -0.2) is 4.79 Å². The van der Waals surface area contributed by atoms with Gasteiger partial charge in [0.25, 0.3) is 0 Å². The minimum Gasteiger partial charge on any atom is -0.478 e. The molecule has 1 heterocycles. The van der Waals surface area contributed by atoms with Gasteiger partial charge in [-0.05, 0) is 30.2 Å². The molecule has 2 N–H and O–H groups in total. The maximum absolute atomic E-state index is 11.0. The number of halogens is 1. The molecule has 0 aromatic heterocycles. The van der Waals surface area contributed by atoms with Crippen molar-refractivity contribution < 1.29 is 9.90 Å². The van der Waals surface area contributed by atoms with Crippen LogP contribution in [0.3, 0.4) is 0 Å². The van der Waals surface area contributed by atoms with Gasteiger partial charge in [0, 0.05) is 6.54 Å². The van der Waals surface area contributed by atoms with Gasteiger partial charge in [0.2, 0.25) is 0 Å². The summed E-state index contributed by atoms with van der Waals surface area (Å²) in [5.74, 6) is -0.856. The first-order valence-corrected chi connectivity index (χ1v) is 5.01. The number of hydrogen-bond acceptors (Lipinski definition) is 2. The summed E-state index contributed by atoms with van der Waals surface area (Å²) in [5, 5.41) is 12.3. The Kier molecular flexibility index (Phi) is 4.52. The molecule has 1 aromatic rings. The van der Waals surface area contributed by atoms with E-state index in [-0.39, 0.29) is 12.4 Å². The first-order valence-electron chi connectivity index (χ1n) is 5.01. The molecule has 4 heteroatoms. The van der Waals surface area contributed by atoms with Gasteiger partial charge < -0.3 is 10.4 Å². The second-order valence-corrected chi connectivity index (χ2v) is 3.53. The second-order valence-electron chi connectivity index (χ2n) is 3.53. The summed E-state index contributed by atoms with van der Waals surface area (Å²) in [6.07, 6.45) is 2.95. The molecule has 0 fully saturated rings. The summed E-state index contributed by atoms with van der Waals surface area (Å²) in [6.45, 7) is 1.74. The smallest absolute Gasteiger partial charge is 0.336 e. The minimum atomic E-state index is -0.856. The van der Waals surface area contributed by atoms with Crippen molar-refractivity contribution in [2.45, 2.75) is 6.42 Å². The number of carbonyl (C=O) groups is 1. The number of hydrogen-bond donors (Lipinski definition) is 2. The Morgan fingerprint density at radius 3 is 2.69 bits per heavy atom. The second kappa shape index (κ2) is 5.68. The Labute approximate surface area is 101 Å². The summed E-state index contributed by atoms with van der Waals surface area (Å²) in [4.78, 5) is 11.0. The van der Waals surface area contributed by atoms with Crippen molar-refractivity contribution in [3.8, 4) is 0 Å². The Balaban J connectivity index is 0.00000128. The molecule has 0 amide bonds. The molecular weight excluding hydrogens is 226 g/mol. The Morgan fingerprint density at radius 2 is 2.06 bits per heavy atom. The van der Waals surface area contributed by atoms with Crippen molar-refractivity contribution in [3.05, 3.63) is 41.5 Å². The molecule has 3 nitrogen and oxygen atoms in total. The van der Waals surface area contributed by atoms with Crippen LogP contribution in [-0.2, 0) is 0 Å². The third-order valence-corrected chi connectivity index (χ3v) is 2.57. The van der Waals surface area contributed by atoms with Crippen LogP contribution < -0.4 is 5.32 Å². The van der Waals surface area contributed by atoms with Crippen LogP contribution >= 0.6 is 12.4 Å². The number of carboxylic acids is 1. The maximum atomic E-state index is 11.0. The van der Waals surface area contributed by atoms with Crippen LogP contribution in [0, 0.1) is 0 Å². The molecule has 0 radical (unpaired) electrons. The summed E-state index contributed by atoms with van der Waals surface area (Å²) in [5.41, 5.74) is 2.38. The van der Waals surface area contributed by atoms with Crippen LogP contribution in [0.4, 0.5) is 0 Å². The summed E-state index contributed by atoms with van der Waals surface area (Å²) < 4.78 is 0. The van der Waals surface area contributed by atoms with Crippen molar-refractivity contribution in [1.29, 1.82) is 0 Å².